The van der Waals surface area contributed by atoms with E-state index < -0.39 is 52.2 Å². The molecule has 0 bridgehead atoms. The maximum absolute atomic E-state index is 14.4. The van der Waals surface area contributed by atoms with Crippen LogP contribution in [0.5, 0.6) is 0 Å². The molecule has 4 atom stereocenters. The van der Waals surface area contributed by atoms with Crippen LogP contribution in [-0.2, 0) is 9.53 Å². The first-order valence-electron chi connectivity index (χ1n) is 9.94. The number of nitrogens with zero attached hydrogens (tertiary/aromatic N) is 2. The van der Waals surface area contributed by atoms with Gasteiger partial charge in [0.15, 0.2) is 5.78 Å². The number of ether oxygens (including phenoxy) is 1. The third kappa shape index (κ3) is 5.00. The van der Waals surface area contributed by atoms with Gasteiger partial charge in [0.1, 0.15) is 5.92 Å². The Morgan fingerprint density at radius 3 is 2.59 bits per heavy atom. The van der Waals surface area contributed by atoms with Crippen molar-refractivity contribution in [3.05, 3.63) is 57.2 Å². The zero-order valence-corrected chi connectivity index (χ0v) is 20.0. The second-order valence-electron chi connectivity index (χ2n) is 7.24. The van der Waals surface area contributed by atoms with E-state index in [-0.39, 0.29) is 22.1 Å². The molecule has 0 saturated carbocycles. The molecule has 0 saturated heterocycles. The molecule has 0 fully saturated rings. The van der Waals surface area contributed by atoms with Gasteiger partial charge in [-0.15, -0.1) is 11.3 Å². The first-order chi connectivity index (χ1) is 16.0. The summed E-state index contributed by atoms with van der Waals surface area (Å²) >= 11 is 7.76. The van der Waals surface area contributed by atoms with E-state index in [4.69, 9.17) is 16.3 Å². The van der Waals surface area contributed by atoms with Crippen molar-refractivity contribution in [2.24, 2.45) is 16.8 Å². The molecule has 1 N–H and O–H groups in total. The molecule has 0 radical (unpaired) electrons. The van der Waals surface area contributed by atoms with Crippen LogP contribution in [0.1, 0.15) is 28.1 Å². The summed E-state index contributed by atoms with van der Waals surface area (Å²) in [5, 5.41) is 22.1. The molecule has 1 unspecified atom stereocenters. The number of carbonyl (C=O) groups is 2. The summed E-state index contributed by atoms with van der Waals surface area (Å²) < 4.78 is 47.9. The van der Waals surface area contributed by atoms with Gasteiger partial charge in [-0.25, -0.2) is 4.99 Å². The Balaban J connectivity index is 2.25. The molecule has 0 aliphatic carbocycles. The van der Waals surface area contributed by atoms with E-state index in [1.165, 1.54) is 35.7 Å². The molecule has 1 aromatic heterocycles. The number of nitriles is 1. The fraction of sp³-hybridized carbons (Fsp3) is 0.364. The Labute approximate surface area is 206 Å². The highest BCUT2D eigenvalue weighted by molar-refractivity contribution is 8.14. The van der Waals surface area contributed by atoms with Crippen LogP contribution in [0.25, 0.3) is 0 Å². The second-order valence-corrected chi connectivity index (χ2v) is 9.59. The number of hydrogen-bond acceptors (Lipinski definition) is 8. The van der Waals surface area contributed by atoms with Gasteiger partial charge in [0.25, 0.3) is 5.72 Å². The minimum absolute atomic E-state index is 0.0258. The summed E-state index contributed by atoms with van der Waals surface area (Å²) in [6, 6.07) is 10.6. The number of alkyl halides is 3. The number of aliphatic imine (C=N–C) groups is 1. The van der Waals surface area contributed by atoms with E-state index in [2.05, 4.69) is 4.99 Å². The lowest BCUT2D eigenvalue weighted by molar-refractivity contribution is -0.274. The normalized spacial score (nSPS) is 24.7. The number of Topliss-reactive ketones (excluding diaryl/α,β-unsaturated/α-hetero) is 1. The van der Waals surface area contributed by atoms with Crippen LogP contribution in [0.15, 0.2) is 46.8 Å². The van der Waals surface area contributed by atoms with Crippen LogP contribution < -0.4 is 0 Å². The molecule has 1 aromatic carbocycles. The molecule has 2 aromatic rings. The van der Waals surface area contributed by atoms with E-state index in [0.29, 0.717) is 11.8 Å². The van der Waals surface area contributed by atoms with Gasteiger partial charge in [-0.3, -0.25) is 9.59 Å². The molecular formula is C22H18ClF3N2O4S2. The number of ketones is 1. The molecule has 12 heteroatoms. The van der Waals surface area contributed by atoms with Crippen molar-refractivity contribution in [1.29, 1.82) is 5.26 Å². The monoisotopic (exact) mass is 530 g/mol. The molecule has 1 aliphatic heterocycles. The van der Waals surface area contributed by atoms with Crippen LogP contribution in [-0.4, -0.2) is 46.2 Å². The maximum Gasteiger partial charge on any atom is 0.439 e. The summed E-state index contributed by atoms with van der Waals surface area (Å²) in [6.45, 7) is 1.62. The number of thiophene rings is 1. The highest BCUT2D eigenvalue weighted by Gasteiger charge is 2.67. The minimum atomic E-state index is -5.37. The van der Waals surface area contributed by atoms with Crippen LogP contribution in [0.3, 0.4) is 0 Å². The van der Waals surface area contributed by atoms with Gasteiger partial charge in [-0.05, 0) is 30.0 Å². The standard InChI is InChI=1S/C22H18ClF3N2O4S2/c1-2-32-16(29)11-34-20-13(10-27)17(12-6-3-4-7-14(12)23)18(19(30)15-8-5-9-33-15)21(31,28-20)22(24,25)26/h3-9,13,17-18,31H,2,11H2,1H3/t13?,17-,18+,21-/m0/s1. The zero-order valence-electron chi connectivity index (χ0n) is 17.6. The van der Waals surface area contributed by atoms with Crippen molar-refractivity contribution in [3.8, 4) is 6.07 Å². The summed E-state index contributed by atoms with van der Waals surface area (Å²) in [5.74, 6) is -7.26. The fourth-order valence-electron chi connectivity index (χ4n) is 3.76. The van der Waals surface area contributed by atoms with Gasteiger partial charge in [-0.2, -0.15) is 18.4 Å². The Hall–Kier alpha value is -2.39. The Morgan fingerprint density at radius 1 is 1.32 bits per heavy atom. The van der Waals surface area contributed by atoms with E-state index in [0.717, 1.165) is 11.3 Å². The average Bonchev–Trinajstić information content (AvgIpc) is 3.32. The molecule has 2 heterocycles. The summed E-state index contributed by atoms with van der Waals surface area (Å²) in [4.78, 5) is 28.7. The van der Waals surface area contributed by atoms with E-state index >= 15 is 0 Å². The van der Waals surface area contributed by atoms with Crippen LogP contribution in [0.2, 0.25) is 5.02 Å². The van der Waals surface area contributed by atoms with Crippen molar-refractivity contribution in [2.75, 3.05) is 12.4 Å². The largest absolute Gasteiger partial charge is 0.465 e. The van der Waals surface area contributed by atoms with Crippen molar-refractivity contribution >= 4 is 51.5 Å². The maximum atomic E-state index is 14.4. The number of rotatable bonds is 6. The second kappa shape index (κ2) is 10.5. The predicted molar refractivity (Wildman–Crippen MR) is 123 cm³/mol. The Bertz CT molecular complexity index is 1130. The lowest BCUT2D eigenvalue weighted by Gasteiger charge is -2.44. The molecule has 3 rings (SSSR count). The highest BCUT2D eigenvalue weighted by Crippen LogP contribution is 2.53. The van der Waals surface area contributed by atoms with Gasteiger partial charge in [0.05, 0.1) is 34.3 Å². The van der Waals surface area contributed by atoms with Gasteiger partial charge < -0.3 is 9.84 Å². The smallest absolute Gasteiger partial charge is 0.439 e. The number of thioether (sulfide) groups is 1. The fourth-order valence-corrected chi connectivity index (χ4v) is 5.66. The van der Waals surface area contributed by atoms with Crippen molar-refractivity contribution in [3.63, 3.8) is 0 Å². The Morgan fingerprint density at radius 2 is 2.03 bits per heavy atom. The highest BCUT2D eigenvalue weighted by atomic mass is 35.5. The molecule has 34 heavy (non-hydrogen) atoms. The van der Waals surface area contributed by atoms with Crippen LogP contribution >= 0.6 is 34.7 Å². The van der Waals surface area contributed by atoms with Gasteiger partial charge in [0.2, 0.25) is 0 Å². The number of carbonyl (C=O) groups excluding carboxylic acids is 2. The van der Waals surface area contributed by atoms with E-state index in [1.807, 2.05) is 6.07 Å². The first-order valence-corrected chi connectivity index (χ1v) is 12.2. The topological polar surface area (TPSA) is 99.8 Å². The number of halogens is 4. The van der Waals surface area contributed by atoms with Crippen molar-refractivity contribution in [1.82, 2.24) is 0 Å². The van der Waals surface area contributed by atoms with E-state index in [9.17, 15) is 33.1 Å². The lowest BCUT2D eigenvalue weighted by atomic mass is 9.68. The minimum Gasteiger partial charge on any atom is -0.465 e. The van der Waals surface area contributed by atoms with Gasteiger partial charge in [-0.1, -0.05) is 47.6 Å². The number of hydrogen-bond donors (Lipinski definition) is 1. The predicted octanol–water partition coefficient (Wildman–Crippen LogP) is 5.08. The molecule has 180 valence electrons. The molecule has 0 amide bonds. The van der Waals surface area contributed by atoms with Crippen LogP contribution in [0.4, 0.5) is 13.2 Å². The first kappa shape index (κ1) is 26.2. The summed E-state index contributed by atoms with van der Waals surface area (Å²) in [7, 11) is 0. The van der Waals surface area contributed by atoms with E-state index in [1.54, 1.807) is 13.0 Å². The average molecular weight is 531 g/mol. The SMILES string of the molecule is CCOC(=O)CSC1=N[C@@](O)(C(F)(F)F)[C@@H](C(=O)c2cccs2)[C@@H](c2ccccc2Cl)C1C#N. The van der Waals surface area contributed by atoms with Crippen molar-refractivity contribution < 1.29 is 32.6 Å². The van der Waals surface area contributed by atoms with Crippen LogP contribution in [0, 0.1) is 23.2 Å². The third-order valence-electron chi connectivity index (χ3n) is 5.21. The molecule has 6 nitrogen and oxygen atoms in total. The summed E-state index contributed by atoms with van der Waals surface area (Å²) in [5.41, 5.74) is -3.78. The van der Waals surface area contributed by atoms with Gasteiger partial charge >= 0.3 is 12.1 Å². The van der Waals surface area contributed by atoms with Gasteiger partial charge in [0, 0.05) is 10.9 Å². The molecular weight excluding hydrogens is 513 g/mol. The Kier molecular flexibility index (Phi) is 8.08. The summed E-state index contributed by atoms with van der Waals surface area (Å²) in [6.07, 6.45) is -5.37. The number of esters is 1. The zero-order chi connectivity index (χ0) is 25.1. The molecule has 0 spiro atoms. The molecule has 1 aliphatic rings. The van der Waals surface area contributed by atoms with Crippen molar-refractivity contribution in [2.45, 2.75) is 24.7 Å². The lowest BCUT2D eigenvalue weighted by Crippen LogP contribution is -2.59. The number of benzene rings is 1. The quantitative estimate of drug-likeness (QED) is 0.413. The third-order valence-corrected chi connectivity index (χ3v) is 7.46. The number of aliphatic hydroxyl groups is 1.